The first-order valence-electron chi connectivity index (χ1n) is 7.87. The van der Waals surface area contributed by atoms with Gasteiger partial charge in [0, 0.05) is 19.1 Å². The molecule has 1 aliphatic rings. The summed E-state index contributed by atoms with van der Waals surface area (Å²) >= 11 is 0. The minimum atomic E-state index is 0.528. The van der Waals surface area contributed by atoms with Gasteiger partial charge in [-0.3, -0.25) is 4.90 Å². The Bertz CT molecular complexity index is 565. The Balaban J connectivity index is 1.70. The van der Waals surface area contributed by atoms with E-state index in [2.05, 4.69) is 71.9 Å². The van der Waals surface area contributed by atoms with Crippen LogP contribution in [-0.2, 0) is 13.0 Å². The number of rotatable bonds is 4. The van der Waals surface area contributed by atoms with E-state index in [-0.39, 0.29) is 0 Å². The molecule has 2 aromatic carbocycles. The van der Waals surface area contributed by atoms with Crippen molar-refractivity contribution in [3.05, 3.63) is 71.3 Å². The molecular formula is C19H24N2. The maximum Gasteiger partial charge on any atom is 0.0360 e. The molecule has 1 unspecified atom stereocenters. The SMILES string of the molecule is CN(CCc1ccccc1)C1CCNCc2ccccc21. The van der Waals surface area contributed by atoms with Crippen LogP contribution in [0.25, 0.3) is 0 Å². The zero-order valence-electron chi connectivity index (χ0n) is 12.8. The van der Waals surface area contributed by atoms with E-state index in [9.17, 15) is 0 Å². The Labute approximate surface area is 127 Å². The number of nitrogens with one attached hydrogen (secondary N) is 1. The van der Waals surface area contributed by atoms with E-state index in [1.165, 1.54) is 23.1 Å². The summed E-state index contributed by atoms with van der Waals surface area (Å²) in [4.78, 5) is 2.51. The van der Waals surface area contributed by atoms with Crippen molar-refractivity contribution in [2.75, 3.05) is 20.1 Å². The van der Waals surface area contributed by atoms with Gasteiger partial charge < -0.3 is 5.32 Å². The molecule has 0 radical (unpaired) electrons. The normalized spacial score (nSPS) is 18.3. The summed E-state index contributed by atoms with van der Waals surface area (Å²) in [5.74, 6) is 0. The minimum Gasteiger partial charge on any atom is -0.313 e. The lowest BCUT2D eigenvalue weighted by Crippen LogP contribution is -2.28. The first kappa shape index (κ1) is 14.3. The monoisotopic (exact) mass is 280 g/mol. The van der Waals surface area contributed by atoms with Gasteiger partial charge in [-0.15, -0.1) is 0 Å². The minimum absolute atomic E-state index is 0.528. The molecule has 1 N–H and O–H groups in total. The lowest BCUT2D eigenvalue weighted by atomic mass is 9.98. The molecule has 0 spiro atoms. The van der Waals surface area contributed by atoms with E-state index in [4.69, 9.17) is 0 Å². The quantitative estimate of drug-likeness (QED) is 0.923. The van der Waals surface area contributed by atoms with Gasteiger partial charge in [-0.1, -0.05) is 54.6 Å². The molecule has 0 fully saturated rings. The van der Waals surface area contributed by atoms with E-state index in [1.807, 2.05) is 0 Å². The molecule has 0 saturated heterocycles. The van der Waals surface area contributed by atoms with Crippen LogP contribution in [0.1, 0.15) is 29.2 Å². The maximum atomic E-state index is 3.54. The van der Waals surface area contributed by atoms with Crippen molar-refractivity contribution in [2.45, 2.75) is 25.4 Å². The third-order valence-electron chi connectivity index (χ3n) is 4.45. The van der Waals surface area contributed by atoms with Crippen LogP contribution in [0.4, 0.5) is 0 Å². The van der Waals surface area contributed by atoms with Crippen LogP contribution in [0.5, 0.6) is 0 Å². The van der Waals surface area contributed by atoms with E-state index < -0.39 is 0 Å². The number of hydrogen-bond donors (Lipinski definition) is 1. The van der Waals surface area contributed by atoms with Crippen LogP contribution < -0.4 is 5.32 Å². The van der Waals surface area contributed by atoms with Gasteiger partial charge in [0.25, 0.3) is 0 Å². The first-order chi connectivity index (χ1) is 10.3. The van der Waals surface area contributed by atoms with Crippen LogP contribution in [0.2, 0.25) is 0 Å². The summed E-state index contributed by atoms with van der Waals surface area (Å²) in [6, 6.07) is 20.2. The third-order valence-corrected chi connectivity index (χ3v) is 4.45. The molecule has 1 aliphatic heterocycles. The highest BCUT2D eigenvalue weighted by Gasteiger charge is 2.21. The van der Waals surface area contributed by atoms with Crippen molar-refractivity contribution in [2.24, 2.45) is 0 Å². The summed E-state index contributed by atoms with van der Waals surface area (Å²) in [5, 5.41) is 3.54. The van der Waals surface area contributed by atoms with Gasteiger partial charge in [0.15, 0.2) is 0 Å². The van der Waals surface area contributed by atoms with E-state index >= 15 is 0 Å². The average molecular weight is 280 g/mol. The first-order valence-corrected chi connectivity index (χ1v) is 7.87. The molecule has 1 atom stereocenters. The van der Waals surface area contributed by atoms with Crippen molar-refractivity contribution in [1.29, 1.82) is 0 Å². The van der Waals surface area contributed by atoms with Crippen LogP contribution in [0.15, 0.2) is 54.6 Å². The standard InChI is InChI=1S/C19H24N2/c1-21(14-12-16-7-3-2-4-8-16)19-11-13-20-15-17-9-5-6-10-18(17)19/h2-10,19-20H,11-15H2,1H3. The third kappa shape index (κ3) is 3.52. The second-order valence-corrected chi connectivity index (χ2v) is 5.90. The molecule has 0 saturated carbocycles. The lowest BCUT2D eigenvalue weighted by molar-refractivity contribution is 0.237. The highest BCUT2D eigenvalue weighted by molar-refractivity contribution is 5.31. The Morgan fingerprint density at radius 2 is 1.81 bits per heavy atom. The fourth-order valence-electron chi connectivity index (χ4n) is 3.20. The summed E-state index contributed by atoms with van der Waals surface area (Å²) in [5.41, 5.74) is 4.37. The van der Waals surface area contributed by atoms with Crippen LogP contribution in [0, 0.1) is 0 Å². The van der Waals surface area contributed by atoms with Crippen LogP contribution in [-0.4, -0.2) is 25.0 Å². The zero-order chi connectivity index (χ0) is 14.5. The molecule has 3 rings (SSSR count). The second-order valence-electron chi connectivity index (χ2n) is 5.90. The smallest absolute Gasteiger partial charge is 0.0360 e. The summed E-state index contributed by atoms with van der Waals surface area (Å²) < 4.78 is 0. The number of nitrogens with zero attached hydrogens (tertiary/aromatic N) is 1. The van der Waals surface area contributed by atoms with Crippen LogP contribution >= 0.6 is 0 Å². The number of likely N-dealkylation sites (N-methyl/N-ethyl adjacent to an activating group) is 1. The van der Waals surface area contributed by atoms with Crippen LogP contribution in [0.3, 0.4) is 0 Å². The van der Waals surface area contributed by atoms with Gasteiger partial charge in [-0.25, -0.2) is 0 Å². The molecule has 1 heterocycles. The fourth-order valence-corrected chi connectivity index (χ4v) is 3.20. The summed E-state index contributed by atoms with van der Waals surface area (Å²) in [6.07, 6.45) is 2.30. The van der Waals surface area contributed by atoms with Crippen molar-refractivity contribution >= 4 is 0 Å². The van der Waals surface area contributed by atoms with Crippen molar-refractivity contribution in [3.63, 3.8) is 0 Å². The Hall–Kier alpha value is -1.64. The number of fused-ring (bicyclic) bond motifs is 1. The Morgan fingerprint density at radius 3 is 2.67 bits per heavy atom. The van der Waals surface area contributed by atoms with E-state index in [0.717, 1.165) is 26.1 Å². The zero-order valence-corrected chi connectivity index (χ0v) is 12.8. The predicted octanol–water partition coefficient (Wildman–Crippen LogP) is 3.40. The summed E-state index contributed by atoms with van der Waals surface area (Å²) in [6.45, 7) is 3.19. The van der Waals surface area contributed by atoms with Crippen molar-refractivity contribution < 1.29 is 0 Å². The molecule has 2 aromatic rings. The largest absolute Gasteiger partial charge is 0.313 e. The fraction of sp³-hybridized carbons (Fsp3) is 0.368. The predicted molar refractivity (Wildman–Crippen MR) is 88.3 cm³/mol. The lowest BCUT2D eigenvalue weighted by Gasteiger charge is -2.28. The van der Waals surface area contributed by atoms with Crippen molar-refractivity contribution in [1.82, 2.24) is 10.2 Å². The molecule has 0 amide bonds. The summed E-state index contributed by atoms with van der Waals surface area (Å²) in [7, 11) is 2.26. The molecule has 2 nitrogen and oxygen atoms in total. The molecule has 21 heavy (non-hydrogen) atoms. The maximum absolute atomic E-state index is 3.54. The molecule has 0 aromatic heterocycles. The Kier molecular flexibility index (Phi) is 4.69. The van der Waals surface area contributed by atoms with E-state index in [1.54, 1.807) is 0 Å². The van der Waals surface area contributed by atoms with Gasteiger partial charge >= 0.3 is 0 Å². The van der Waals surface area contributed by atoms with Gasteiger partial charge in [0.05, 0.1) is 0 Å². The van der Waals surface area contributed by atoms with Gasteiger partial charge in [-0.2, -0.15) is 0 Å². The number of hydrogen-bond acceptors (Lipinski definition) is 2. The molecule has 0 aliphatic carbocycles. The molecule has 110 valence electrons. The average Bonchev–Trinajstić information content (AvgIpc) is 2.76. The van der Waals surface area contributed by atoms with Gasteiger partial charge in [0.1, 0.15) is 0 Å². The van der Waals surface area contributed by atoms with Gasteiger partial charge in [-0.05, 0) is 43.1 Å². The van der Waals surface area contributed by atoms with E-state index in [0.29, 0.717) is 6.04 Å². The number of benzene rings is 2. The molecular weight excluding hydrogens is 256 g/mol. The van der Waals surface area contributed by atoms with Gasteiger partial charge in [0.2, 0.25) is 0 Å². The highest BCUT2D eigenvalue weighted by Crippen LogP contribution is 2.28. The topological polar surface area (TPSA) is 15.3 Å². The molecule has 2 heteroatoms. The second kappa shape index (κ2) is 6.88. The molecule has 0 bridgehead atoms. The Morgan fingerprint density at radius 1 is 1.05 bits per heavy atom. The highest BCUT2D eigenvalue weighted by atomic mass is 15.1. The van der Waals surface area contributed by atoms with Crippen molar-refractivity contribution in [3.8, 4) is 0 Å².